The first-order chi connectivity index (χ1) is 12.3. The molecule has 10 heteroatoms. The molecule has 136 valence electrons. The van der Waals surface area contributed by atoms with Crippen LogP contribution in [0.15, 0.2) is 42.7 Å². The van der Waals surface area contributed by atoms with Crippen LogP contribution < -0.4 is 10.1 Å². The van der Waals surface area contributed by atoms with Crippen LogP contribution in [0.3, 0.4) is 0 Å². The molecule has 2 aromatic heterocycles. The van der Waals surface area contributed by atoms with Gasteiger partial charge >= 0.3 is 6.18 Å². The molecule has 3 aromatic rings. The van der Waals surface area contributed by atoms with Gasteiger partial charge < -0.3 is 10.1 Å². The Morgan fingerprint density at radius 3 is 2.38 bits per heavy atom. The number of pyridine rings is 1. The molecule has 0 aliphatic heterocycles. The Hall–Kier alpha value is -2.03. The van der Waals surface area contributed by atoms with Gasteiger partial charge in [-0.3, -0.25) is 0 Å². The first-order valence-corrected chi connectivity index (χ1v) is 8.73. The Labute approximate surface area is 160 Å². The van der Waals surface area contributed by atoms with Gasteiger partial charge in [0.05, 0.1) is 12.1 Å². The highest BCUT2D eigenvalue weighted by Crippen LogP contribution is 2.34. The fraction of sp³-hybridized carbons (Fsp3) is 0.125. The Kier molecular flexibility index (Phi) is 5.55. The highest BCUT2D eigenvalue weighted by atomic mass is 35.5. The summed E-state index contributed by atoms with van der Waals surface area (Å²) in [7, 11) is 0. The molecular formula is C16H10Cl2F3N3OS. The third-order valence-corrected chi connectivity index (χ3v) is 4.58. The predicted molar refractivity (Wildman–Crippen MR) is 95.2 cm³/mol. The maximum absolute atomic E-state index is 12.6. The predicted octanol–water partition coefficient (Wildman–Crippen LogP) is 6.27. The quantitative estimate of drug-likeness (QED) is 0.529. The molecule has 4 nitrogen and oxygen atoms in total. The second-order valence-corrected chi connectivity index (χ2v) is 7.17. The lowest BCUT2D eigenvalue weighted by Crippen LogP contribution is -2.05. The second kappa shape index (κ2) is 7.69. The zero-order valence-corrected chi connectivity index (χ0v) is 15.2. The van der Waals surface area contributed by atoms with Crippen molar-refractivity contribution >= 4 is 40.2 Å². The van der Waals surface area contributed by atoms with Crippen LogP contribution in [-0.4, -0.2) is 9.97 Å². The van der Waals surface area contributed by atoms with E-state index in [1.807, 2.05) is 0 Å². The number of nitrogens with one attached hydrogen (secondary N) is 1. The molecule has 0 spiro atoms. The zero-order chi connectivity index (χ0) is 18.7. The number of hydrogen-bond acceptors (Lipinski definition) is 5. The third-order valence-electron chi connectivity index (χ3n) is 3.20. The number of aromatic nitrogens is 2. The number of anilines is 1. The molecule has 3 rings (SSSR count). The van der Waals surface area contributed by atoms with Gasteiger partial charge in [-0.15, -0.1) is 11.3 Å². The van der Waals surface area contributed by atoms with Gasteiger partial charge in [0.15, 0.2) is 4.47 Å². The second-order valence-electron chi connectivity index (χ2n) is 5.07. The molecule has 2 heterocycles. The fourth-order valence-corrected chi connectivity index (χ4v) is 3.09. The molecule has 1 aromatic carbocycles. The maximum Gasteiger partial charge on any atom is 0.417 e. The van der Waals surface area contributed by atoms with Crippen LogP contribution >= 0.6 is 34.5 Å². The van der Waals surface area contributed by atoms with Crippen LogP contribution in [0.4, 0.5) is 18.9 Å². The highest BCUT2D eigenvalue weighted by Gasteiger charge is 2.31. The summed E-state index contributed by atoms with van der Waals surface area (Å²) < 4.78 is 43.7. The van der Waals surface area contributed by atoms with Gasteiger partial charge in [-0.25, -0.2) is 9.97 Å². The van der Waals surface area contributed by atoms with E-state index in [9.17, 15) is 13.2 Å². The average molecular weight is 420 g/mol. The minimum absolute atomic E-state index is 0.0975. The van der Waals surface area contributed by atoms with Gasteiger partial charge in [-0.2, -0.15) is 13.2 Å². The summed E-state index contributed by atoms with van der Waals surface area (Å²) in [5, 5.41) is 2.97. The molecule has 26 heavy (non-hydrogen) atoms. The largest absolute Gasteiger partial charge is 0.438 e. The number of thiazole rings is 1. The monoisotopic (exact) mass is 419 g/mol. The molecule has 0 aliphatic carbocycles. The van der Waals surface area contributed by atoms with Crippen molar-refractivity contribution in [3.63, 3.8) is 0 Å². The van der Waals surface area contributed by atoms with Crippen molar-refractivity contribution < 1.29 is 17.9 Å². The number of halogens is 5. The van der Waals surface area contributed by atoms with E-state index in [1.165, 1.54) is 11.3 Å². The normalized spacial score (nSPS) is 11.4. The summed E-state index contributed by atoms with van der Waals surface area (Å²) in [5.74, 6) is 0.297. The lowest BCUT2D eigenvalue weighted by Gasteiger charge is -2.10. The lowest BCUT2D eigenvalue weighted by atomic mass is 10.3. The first-order valence-electron chi connectivity index (χ1n) is 7.16. The van der Waals surface area contributed by atoms with Crippen LogP contribution in [0.2, 0.25) is 9.49 Å². The first kappa shape index (κ1) is 18.8. The summed E-state index contributed by atoms with van der Waals surface area (Å²) in [6.45, 7) is 0.566. The molecule has 0 saturated carbocycles. The van der Waals surface area contributed by atoms with E-state index in [1.54, 1.807) is 30.5 Å². The van der Waals surface area contributed by atoms with Crippen molar-refractivity contribution in [3.05, 3.63) is 62.7 Å². The van der Waals surface area contributed by atoms with E-state index < -0.39 is 11.7 Å². The summed E-state index contributed by atoms with van der Waals surface area (Å²) in [5.41, 5.74) is -0.106. The van der Waals surface area contributed by atoms with Crippen molar-refractivity contribution in [2.24, 2.45) is 0 Å². The van der Waals surface area contributed by atoms with Crippen LogP contribution in [-0.2, 0) is 12.7 Å². The molecule has 1 N–H and O–H groups in total. The number of nitrogens with zero attached hydrogens (tertiary/aromatic N) is 2. The van der Waals surface area contributed by atoms with Crippen molar-refractivity contribution in [2.75, 3.05) is 5.32 Å². The third kappa shape index (κ3) is 4.78. The van der Waals surface area contributed by atoms with Crippen LogP contribution in [0.25, 0.3) is 0 Å². The number of benzene rings is 1. The Balaban J connectivity index is 1.64. The van der Waals surface area contributed by atoms with Crippen molar-refractivity contribution in [3.8, 4) is 11.6 Å². The number of hydrogen-bond donors (Lipinski definition) is 1. The summed E-state index contributed by atoms with van der Waals surface area (Å²) in [6, 6.07) is 7.60. The summed E-state index contributed by atoms with van der Waals surface area (Å²) >= 11 is 13.0. The fourth-order valence-electron chi connectivity index (χ4n) is 1.96. The Morgan fingerprint density at radius 1 is 1.08 bits per heavy atom. The summed E-state index contributed by atoms with van der Waals surface area (Å²) in [4.78, 5) is 8.57. The van der Waals surface area contributed by atoms with Gasteiger partial charge in [-0.1, -0.05) is 23.2 Å². The standard InChI is InChI=1S/C16H10Cl2F3N3OS/c17-13-5-9(16(19,20)21)6-23-14(13)25-11-3-1-10(2-4-11)22-7-12-8-24-15(18)26-12/h1-6,8,22H,7H2. The SMILES string of the molecule is FC(F)(F)c1cnc(Oc2ccc(NCc3cnc(Cl)s3)cc2)c(Cl)c1. The van der Waals surface area contributed by atoms with Gasteiger partial charge in [0.1, 0.15) is 10.8 Å². The van der Waals surface area contributed by atoms with E-state index in [4.69, 9.17) is 27.9 Å². The van der Waals surface area contributed by atoms with Crippen LogP contribution in [0.1, 0.15) is 10.4 Å². The van der Waals surface area contributed by atoms with Crippen molar-refractivity contribution in [2.45, 2.75) is 12.7 Å². The van der Waals surface area contributed by atoms with E-state index in [0.29, 0.717) is 23.0 Å². The van der Waals surface area contributed by atoms with Crippen molar-refractivity contribution in [1.29, 1.82) is 0 Å². The van der Waals surface area contributed by atoms with Crippen LogP contribution in [0, 0.1) is 0 Å². The minimum Gasteiger partial charge on any atom is -0.438 e. The molecule has 0 radical (unpaired) electrons. The highest BCUT2D eigenvalue weighted by molar-refractivity contribution is 7.15. The molecule has 0 saturated heterocycles. The topological polar surface area (TPSA) is 47.0 Å². The minimum atomic E-state index is -4.51. The molecule has 0 bridgehead atoms. The Bertz CT molecular complexity index is 901. The van der Waals surface area contributed by atoms with Crippen molar-refractivity contribution in [1.82, 2.24) is 9.97 Å². The van der Waals surface area contributed by atoms with Gasteiger partial charge in [0, 0.05) is 23.0 Å². The molecule has 0 atom stereocenters. The van der Waals surface area contributed by atoms with Crippen LogP contribution in [0.5, 0.6) is 11.6 Å². The number of ether oxygens (including phenoxy) is 1. The molecule has 0 unspecified atom stereocenters. The molecule has 0 amide bonds. The summed E-state index contributed by atoms with van der Waals surface area (Å²) in [6.07, 6.45) is -2.14. The molecule has 0 aliphatic rings. The average Bonchev–Trinajstić information content (AvgIpc) is 3.00. The van der Waals surface area contributed by atoms with Gasteiger partial charge in [0.25, 0.3) is 0 Å². The van der Waals surface area contributed by atoms with E-state index in [0.717, 1.165) is 16.6 Å². The maximum atomic E-state index is 12.6. The van der Waals surface area contributed by atoms with Gasteiger partial charge in [-0.05, 0) is 30.3 Å². The number of alkyl halides is 3. The van der Waals surface area contributed by atoms with E-state index >= 15 is 0 Å². The van der Waals surface area contributed by atoms with E-state index in [2.05, 4.69) is 15.3 Å². The number of rotatable bonds is 5. The molecular weight excluding hydrogens is 410 g/mol. The molecule has 0 fully saturated rings. The van der Waals surface area contributed by atoms with E-state index in [-0.39, 0.29) is 10.9 Å². The van der Waals surface area contributed by atoms with Gasteiger partial charge in [0.2, 0.25) is 5.88 Å². The smallest absolute Gasteiger partial charge is 0.417 e. The lowest BCUT2D eigenvalue weighted by molar-refractivity contribution is -0.137. The zero-order valence-electron chi connectivity index (χ0n) is 12.8. The Morgan fingerprint density at radius 2 is 1.81 bits per heavy atom.